The van der Waals surface area contributed by atoms with Gasteiger partial charge < -0.3 is 15.3 Å². The molecule has 17 heavy (non-hydrogen) atoms. The third-order valence-corrected chi connectivity index (χ3v) is 2.32. The average molecular weight is 250 g/mol. The molecular formula is C10H9F3O4. The molecule has 0 amide bonds. The Hall–Kier alpha value is -1.92. The summed E-state index contributed by atoms with van der Waals surface area (Å²) in [5.74, 6) is -4.96. The standard InChI is InChI=1S/C10H9F3O4/c1-4(9(16)17)5-2-3-6(10(11,12)13)8(15)7(5)14/h2-4,14-15H,1H3,(H,16,17). The van der Waals surface area contributed by atoms with E-state index in [1.54, 1.807) is 0 Å². The lowest BCUT2D eigenvalue weighted by Crippen LogP contribution is -2.10. The van der Waals surface area contributed by atoms with Crippen LogP contribution < -0.4 is 0 Å². The average Bonchev–Trinajstić information content (AvgIpc) is 2.19. The van der Waals surface area contributed by atoms with E-state index in [4.69, 9.17) is 5.11 Å². The molecule has 4 nitrogen and oxygen atoms in total. The van der Waals surface area contributed by atoms with Gasteiger partial charge in [0.2, 0.25) is 0 Å². The number of carboxylic acid groups (broad SMARTS) is 1. The number of aromatic hydroxyl groups is 2. The van der Waals surface area contributed by atoms with Crippen molar-refractivity contribution in [3.8, 4) is 11.5 Å². The van der Waals surface area contributed by atoms with Gasteiger partial charge in [0.1, 0.15) is 5.56 Å². The predicted molar refractivity (Wildman–Crippen MR) is 50.8 cm³/mol. The molecule has 0 heterocycles. The van der Waals surface area contributed by atoms with E-state index in [9.17, 15) is 28.2 Å². The van der Waals surface area contributed by atoms with E-state index >= 15 is 0 Å². The van der Waals surface area contributed by atoms with E-state index < -0.39 is 35.1 Å². The number of benzene rings is 1. The van der Waals surface area contributed by atoms with E-state index in [1.165, 1.54) is 6.92 Å². The van der Waals surface area contributed by atoms with Crippen molar-refractivity contribution in [2.45, 2.75) is 19.0 Å². The molecule has 0 saturated heterocycles. The van der Waals surface area contributed by atoms with Crippen LogP contribution in [0.25, 0.3) is 0 Å². The van der Waals surface area contributed by atoms with Gasteiger partial charge in [-0.05, 0) is 13.0 Å². The van der Waals surface area contributed by atoms with Crippen molar-refractivity contribution in [2.24, 2.45) is 0 Å². The zero-order valence-electron chi connectivity index (χ0n) is 8.62. The van der Waals surface area contributed by atoms with Crippen LogP contribution in [0.3, 0.4) is 0 Å². The number of phenols is 2. The van der Waals surface area contributed by atoms with E-state index in [0.29, 0.717) is 6.07 Å². The summed E-state index contributed by atoms with van der Waals surface area (Å²) in [6.07, 6.45) is -4.81. The highest BCUT2D eigenvalue weighted by Crippen LogP contribution is 2.43. The van der Waals surface area contributed by atoms with Crippen LogP contribution in [0.4, 0.5) is 13.2 Å². The molecule has 7 heteroatoms. The van der Waals surface area contributed by atoms with Gasteiger partial charge in [-0.2, -0.15) is 13.2 Å². The molecule has 0 fully saturated rings. The SMILES string of the molecule is CC(C(=O)O)c1ccc(C(F)(F)F)c(O)c1O. The van der Waals surface area contributed by atoms with Crippen molar-refractivity contribution in [3.63, 3.8) is 0 Å². The van der Waals surface area contributed by atoms with Gasteiger partial charge in [0.25, 0.3) is 0 Å². The van der Waals surface area contributed by atoms with Crippen LogP contribution in [0.1, 0.15) is 24.0 Å². The van der Waals surface area contributed by atoms with E-state index in [-0.39, 0.29) is 5.56 Å². The first-order chi connectivity index (χ1) is 7.66. The number of hydrogen-bond donors (Lipinski definition) is 3. The minimum absolute atomic E-state index is 0.275. The first-order valence-electron chi connectivity index (χ1n) is 4.51. The summed E-state index contributed by atoms with van der Waals surface area (Å²) >= 11 is 0. The molecule has 0 spiro atoms. The van der Waals surface area contributed by atoms with Gasteiger partial charge >= 0.3 is 12.1 Å². The molecule has 1 rings (SSSR count). The van der Waals surface area contributed by atoms with Crippen molar-refractivity contribution in [1.29, 1.82) is 0 Å². The Bertz CT molecular complexity index is 454. The van der Waals surface area contributed by atoms with Gasteiger partial charge in [-0.3, -0.25) is 4.79 Å². The number of phenolic OH excluding ortho intramolecular Hbond substituents is 2. The second-order valence-corrected chi connectivity index (χ2v) is 3.46. The molecule has 0 saturated carbocycles. The highest BCUT2D eigenvalue weighted by molar-refractivity contribution is 5.77. The molecule has 0 aliphatic rings. The first kappa shape index (κ1) is 13.1. The normalized spacial score (nSPS) is 13.4. The minimum atomic E-state index is -4.81. The van der Waals surface area contributed by atoms with Crippen LogP contribution in [0.5, 0.6) is 11.5 Å². The van der Waals surface area contributed by atoms with Gasteiger partial charge in [0.05, 0.1) is 5.92 Å². The lowest BCUT2D eigenvalue weighted by Gasteiger charge is -2.14. The smallest absolute Gasteiger partial charge is 0.420 e. The Balaban J connectivity index is 3.34. The fourth-order valence-corrected chi connectivity index (χ4v) is 1.31. The number of hydrogen-bond acceptors (Lipinski definition) is 3. The second kappa shape index (κ2) is 4.15. The summed E-state index contributed by atoms with van der Waals surface area (Å²) in [5.41, 5.74) is -1.68. The van der Waals surface area contributed by atoms with Gasteiger partial charge in [-0.25, -0.2) is 0 Å². The van der Waals surface area contributed by atoms with Crippen LogP contribution in [0.2, 0.25) is 0 Å². The minimum Gasteiger partial charge on any atom is -0.504 e. The Morgan fingerprint density at radius 1 is 1.24 bits per heavy atom. The van der Waals surface area contributed by atoms with Crippen molar-refractivity contribution in [2.75, 3.05) is 0 Å². The number of alkyl halides is 3. The van der Waals surface area contributed by atoms with Crippen LogP contribution in [-0.2, 0) is 11.0 Å². The van der Waals surface area contributed by atoms with Gasteiger partial charge in [-0.15, -0.1) is 0 Å². The fraction of sp³-hybridized carbons (Fsp3) is 0.300. The van der Waals surface area contributed by atoms with Crippen molar-refractivity contribution in [3.05, 3.63) is 23.3 Å². The molecule has 3 N–H and O–H groups in total. The molecule has 0 radical (unpaired) electrons. The molecule has 1 aromatic carbocycles. The van der Waals surface area contributed by atoms with E-state index in [0.717, 1.165) is 6.07 Å². The number of aliphatic carboxylic acids is 1. The summed E-state index contributed by atoms with van der Waals surface area (Å²) in [5, 5.41) is 27.2. The molecule has 0 aromatic heterocycles. The maximum Gasteiger partial charge on any atom is 0.420 e. The highest BCUT2D eigenvalue weighted by Gasteiger charge is 2.36. The molecule has 0 bridgehead atoms. The van der Waals surface area contributed by atoms with Crippen molar-refractivity contribution in [1.82, 2.24) is 0 Å². The Labute approximate surface area is 93.9 Å². The topological polar surface area (TPSA) is 77.8 Å². The number of carboxylic acids is 1. The molecule has 0 aliphatic carbocycles. The highest BCUT2D eigenvalue weighted by atomic mass is 19.4. The number of rotatable bonds is 2. The van der Waals surface area contributed by atoms with Gasteiger partial charge in [0.15, 0.2) is 11.5 Å². The third kappa shape index (κ3) is 2.43. The Morgan fingerprint density at radius 3 is 2.18 bits per heavy atom. The maximum atomic E-state index is 12.3. The van der Waals surface area contributed by atoms with Gasteiger partial charge in [-0.1, -0.05) is 6.07 Å². The summed E-state index contributed by atoms with van der Waals surface area (Å²) in [4.78, 5) is 10.6. The first-order valence-corrected chi connectivity index (χ1v) is 4.51. The van der Waals surface area contributed by atoms with Crippen LogP contribution in [-0.4, -0.2) is 21.3 Å². The summed E-state index contributed by atoms with van der Waals surface area (Å²) < 4.78 is 37.0. The van der Waals surface area contributed by atoms with Crippen LogP contribution >= 0.6 is 0 Å². The summed E-state index contributed by atoms with van der Waals surface area (Å²) in [6, 6.07) is 1.36. The van der Waals surface area contributed by atoms with Crippen molar-refractivity contribution >= 4 is 5.97 Å². The van der Waals surface area contributed by atoms with Crippen molar-refractivity contribution < 1.29 is 33.3 Å². The van der Waals surface area contributed by atoms with E-state index in [1.807, 2.05) is 0 Å². The molecule has 1 unspecified atom stereocenters. The quantitative estimate of drug-likeness (QED) is 0.704. The number of carbonyl (C=O) groups is 1. The molecule has 0 aliphatic heterocycles. The third-order valence-electron chi connectivity index (χ3n) is 2.32. The van der Waals surface area contributed by atoms with Crippen LogP contribution in [0.15, 0.2) is 12.1 Å². The lowest BCUT2D eigenvalue weighted by atomic mass is 9.97. The predicted octanol–water partition coefficient (Wildman–Crippen LogP) is 2.30. The Kier molecular flexibility index (Phi) is 3.21. The zero-order valence-corrected chi connectivity index (χ0v) is 8.62. The number of halogens is 3. The monoisotopic (exact) mass is 250 g/mol. The zero-order chi connectivity index (χ0) is 13.4. The molecule has 1 atom stereocenters. The molecular weight excluding hydrogens is 241 g/mol. The van der Waals surface area contributed by atoms with E-state index in [2.05, 4.69) is 0 Å². The maximum absolute atomic E-state index is 12.3. The van der Waals surface area contributed by atoms with Gasteiger partial charge in [0, 0.05) is 5.56 Å². The van der Waals surface area contributed by atoms with Crippen LogP contribution in [0, 0.1) is 0 Å². The fourth-order valence-electron chi connectivity index (χ4n) is 1.31. The molecule has 94 valence electrons. The largest absolute Gasteiger partial charge is 0.504 e. The summed E-state index contributed by atoms with van der Waals surface area (Å²) in [7, 11) is 0. The molecule has 1 aromatic rings. The Morgan fingerprint density at radius 2 is 1.76 bits per heavy atom. The lowest BCUT2D eigenvalue weighted by molar-refractivity contribution is -0.139. The summed E-state index contributed by atoms with van der Waals surface area (Å²) in [6.45, 7) is 1.18. The second-order valence-electron chi connectivity index (χ2n) is 3.46.